The summed E-state index contributed by atoms with van der Waals surface area (Å²) in [6.07, 6.45) is 2.56. The van der Waals surface area contributed by atoms with E-state index >= 15 is 0 Å². The third kappa shape index (κ3) is 4.41. The summed E-state index contributed by atoms with van der Waals surface area (Å²) >= 11 is 0. The van der Waals surface area contributed by atoms with E-state index in [-0.39, 0.29) is 23.5 Å². The lowest BCUT2D eigenvalue weighted by molar-refractivity contribution is -0.126. The summed E-state index contributed by atoms with van der Waals surface area (Å²) in [6.45, 7) is 5.33. The number of Topliss-reactive ketones (excluding diaryl/α,β-unsaturated/α-hetero) is 1. The molecule has 0 unspecified atom stereocenters. The number of nitrogens with one attached hydrogen (secondary N) is 1. The Kier molecular flexibility index (Phi) is 5.90. The number of hydrogen-bond acceptors (Lipinski definition) is 3. The van der Waals surface area contributed by atoms with Gasteiger partial charge in [-0.05, 0) is 38.3 Å². The zero-order valence-corrected chi connectivity index (χ0v) is 13.8. The standard InChI is InChI=1S/C18H24N2O3/c1-3-10-19-17(22)16-5-4-11-20(12-16)18(23)15-8-6-14(7-9-15)13(2)21/h6-9,16H,3-5,10-12H2,1-2H3,(H,19,22)/t16-/m1/s1. The van der Waals surface area contributed by atoms with Crippen molar-refractivity contribution in [1.29, 1.82) is 0 Å². The van der Waals surface area contributed by atoms with Gasteiger partial charge < -0.3 is 10.2 Å². The lowest BCUT2D eigenvalue weighted by Gasteiger charge is -2.32. The number of benzene rings is 1. The summed E-state index contributed by atoms with van der Waals surface area (Å²) in [4.78, 5) is 37.7. The van der Waals surface area contributed by atoms with Crippen molar-refractivity contribution in [3.05, 3.63) is 35.4 Å². The van der Waals surface area contributed by atoms with E-state index < -0.39 is 0 Å². The molecular weight excluding hydrogens is 292 g/mol. The van der Waals surface area contributed by atoms with Crippen molar-refractivity contribution in [3.8, 4) is 0 Å². The van der Waals surface area contributed by atoms with Crippen LogP contribution in [0.5, 0.6) is 0 Å². The minimum atomic E-state index is -0.129. The first-order chi connectivity index (χ1) is 11.0. The van der Waals surface area contributed by atoms with Crippen LogP contribution in [-0.2, 0) is 4.79 Å². The summed E-state index contributed by atoms with van der Waals surface area (Å²) in [5, 5.41) is 2.91. The van der Waals surface area contributed by atoms with Crippen molar-refractivity contribution in [2.24, 2.45) is 5.92 Å². The third-order valence-corrected chi connectivity index (χ3v) is 4.17. The molecule has 2 amide bonds. The SMILES string of the molecule is CCCNC(=O)[C@@H]1CCCN(C(=O)c2ccc(C(C)=O)cc2)C1. The number of hydrogen-bond donors (Lipinski definition) is 1. The highest BCUT2D eigenvalue weighted by Gasteiger charge is 2.28. The second kappa shape index (κ2) is 7.90. The Morgan fingerprint density at radius 2 is 1.83 bits per heavy atom. The molecule has 0 spiro atoms. The first-order valence-electron chi connectivity index (χ1n) is 8.21. The normalized spacial score (nSPS) is 17.7. The van der Waals surface area contributed by atoms with Crippen LogP contribution >= 0.6 is 0 Å². The van der Waals surface area contributed by atoms with Gasteiger partial charge in [0.15, 0.2) is 5.78 Å². The molecule has 1 heterocycles. The zero-order valence-electron chi connectivity index (χ0n) is 13.8. The van der Waals surface area contributed by atoms with Gasteiger partial charge >= 0.3 is 0 Å². The maximum absolute atomic E-state index is 12.6. The van der Waals surface area contributed by atoms with Crippen molar-refractivity contribution in [3.63, 3.8) is 0 Å². The van der Waals surface area contributed by atoms with Crippen molar-refractivity contribution in [2.45, 2.75) is 33.1 Å². The molecule has 0 radical (unpaired) electrons. The molecule has 1 aromatic rings. The molecule has 1 atom stereocenters. The molecule has 1 N–H and O–H groups in total. The van der Waals surface area contributed by atoms with E-state index in [4.69, 9.17) is 0 Å². The summed E-state index contributed by atoms with van der Waals surface area (Å²) in [5.41, 5.74) is 1.15. The molecule has 124 valence electrons. The van der Waals surface area contributed by atoms with Gasteiger partial charge in [0.25, 0.3) is 5.91 Å². The smallest absolute Gasteiger partial charge is 0.253 e. The summed E-state index contributed by atoms with van der Waals surface area (Å²) in [6, 6.07) is 6.70. The summed E-state index contributed by atoms with van der Waals surface area (Å²) < 4.78 is 0. The van der Waals surface area contributed by atoms with Gasteiger partial charge in [0, 0.05) is 30.8 Å². The van der Waals surface area contributed by atoms with Crippen LogP contribution < -0.4 is 5.32 Å². The minimum absolute atomic E-state index is 0.0189. The fraction of sp³-hybridized carbons (Fsp3) is 0.500. The van der Waals surface area contributed by atoms with E-state index in [0.29, 0.717) is 30.8 Å². The lowest BCUT2D eigenvalue weighted by Crippen LogP contribution is -2.45. The molecule has 0 bridgehead atoms. The highest BCUT2D eigenvalue weighted by molar-refractivity contribution is 5.98. The highest BCUT2D eigenvalue weighted by Crippen LogP contribution is 2.19. The quantitative estimate of drug-likeness (QED) is 0.847. The molecule has 1 aliphatic heterocycles. The Morgan fingerprint density at radius 3 is 2.43 bits per heavy atom. The predicted octanol–water partition coefficient (Wildman–Crippen LogP) is 2.27. The third-order valence-electron chi connectivity index (χ3n) is 4.17. The maximum Gasteiger partial charge on any atom is 0.253 e. The molecule has 0 saturated carbocycles. The number of piperidine rings is 1. The van der Waals surface area contributed by atoms with Gasteiger partial charge in [-0.15, -0.1) is 0 Å². The van der Waals surface area contributed by atoms with E-state index in [1.54, 1.807) is 29.2 Å². The van der Waals surface area contributed by atoms with Gasteiger partial charge in [-0.25, -0.2) is 0 Å². The van der Waals surface area contributed by atoms with Crippen molar-refractivity contribution in [2.75, 3.05) is 19.6 Å². The number of likely N-dealkylation sites (tertiary alicyclic amines) is 1. The molecule has 5 nitrogen and oxygen atoms in total. The van der Waals surface area contributed by atoms with Crippen LogP contribution in [-0.4, -0.2) is 42.1 Å². The Balaban J connectivity index is 2.01. The first-order valence-corrected chi connectivity index (χ1v) is 8.21. The Labute approximate surface area is 137 Å². The number of nitrogens with zero attached hydrogens (tertiary/aromatic N) is 1. The van der Waals surface area contributed by atoms with Gasteiger partial charge in [-0.1, -0.05) is 19.1 Å². The molecule has 1 aliphatic rings. The van der Waals surface area contributed by atoms with Crippen LogP contribution in [0.1, 0.15) is 53.8 Å². The molecule has 5 heteroatoms. The maximum atomic E-state index is 12.6. The Bertz CT molecular complexity index is 580. The zero-order chi connectivity index (χ0) is 16.8. The molecule has 1 fully saturated rings. The average Bonchev–Trinajstić information content (AvgIpc) is 2.59. The largest absolute Gasteiger partial charge is 0.356 e. The van der Waals surface area contributed by atoms with Gasteiger partial charge in [-0.3, -0.25) is 14.4 Å². The number of ketones is 1. The van der Waals surface area contributed by atoms with Crippen molar-refractivity contribution < 1.29 is 14.4 Å². The topological polar surface area (TPSA) is 66.5 Å². The van der Waals surface area contributed by atoms with Gasteiger partial charge in [0.05, 0.1) is 5.92 Å². The second-order valence-electron chi connectivity index (χ2n) is 6.01. The Morgan fingerprint density at radius 1 is 1.17 bits per heavy atom. The number of carbonyl (C=O) groups is 3. The summed E-state index contributed by atoms with van der Waals surface area (Å²) in [7, 11) is 0. The van der Waals surface area contributed by atoms with Crippen LogP contribution in [0.25, 0.3) is 0 Å². The predicted molar refractivity (Wildman–Crippen MR) is 88.4 cm³/mol. The van der Waals surface area contributed by atoms with Crippen molar-refractivity contribution >= 4 is 17.6 Å². The molecule has 23 heavy (non-hydrogen) atoms. The summed E-state index contributed by atoms with van der Waals surface area (Å²) in [5.74, 6) is -0.185. The highest BCUT2D eigenvalue weighted by atomic mass is 16.2. The average molecular weight is 316 g/mol. The molecule has 0 aliphatic carbocycles. The second-order valence-corrected chi connectivity index (χ2v) is 6.01. The van der Waals surface area contributed by atoms with Gasteiger partial charge in [-0.2, -0.15) is 0 Å². The fourth-order valence-electron chi connectivity index (χ4n) is 2.80. The van der Waals surface area contributed by atoms with Crippen molar-refractivity contribution in [1.82, 2.24) is 10.2 Å². The van der Waals surface area contributed by atoms with E-state index in [1.807, 2.05) is 6.92 Å². The lowest BCUT2D eigenvalue weighted by atomic mass is 9.96. The number of carbonyl (C=O) groups excluding carboxylic acids is 3. The Hall–Kier alpha value is -2.17. The number of rotatable bonds is 5. The fourth-order valence-corrected chi connectivity index (χ4v) is 2.80. The van der Waals surface area contributed by atoms with E-state index in [1.165, 1.54) is 6.92 Å². The molecule has 2 rings (SSSR count). The van der Waals surface area contributed by atoms with E-state index in [0.717, 1.165) is 19.3 Å². The van der Waals surface area contributed by atoms with Crippen LogP contribution in [0.4, 0.5) is 0 Å². The first kappa shape index (κ1) is 17.2. The monoisotopic (exact) mass is 316 g/mol. The van der Waals surface area contributed by atoms with Gasteiger partial charge in [0.1, 0.15) is 0 Å². The van der Waals surface area contributed by atoms with E-state index in [9.17, 15) is 14.4 Å². The van der Waals surface area contributed by atoms with Crippen LogP contribution in [0.15, 0.2) is 24.3 Å². The molecule has 1 saturated heterocycles. The molecule has 1 aromatic carbocycles. The number of amides is 2. The van der Waals surface area contributed by atoms with Gasteiger partial charge in [0.2, 0.25) is 5.91 Å². The van der Waals surface area contributed by atoms with Crippen LogP contribution in [0, 0.1) is 5.92 Å². The van der Waals surface area contributed by atoms with E-state index in [2.05, 4.69) is 5.32 Å². The molecule has 0 aromatic heterocycles. The van der Waals surface area contributed by atoms with Crippen LogP contribution in [0.2, 0.25) is 0 Å². The minimum Gasteiger partial charge on any atom is -0.356 e. The van der Waals surface area contributed by atoms with Crippen LogP contribution in [0.3, 0.4) is 0 Å². The molecular formula is C18H24N2O3.